The highest BCUT2D eigenvalue weighted by Gasteiger charge is 2.26. The van der Waals surface area contributed by atoms with Gasteiger partial charge in [-0.25, -0.2) is 4.98 Å². The lowest BCUT2D eigenvalue weighted by Crippen LogP contribution is -2.27. The zero-order valence-corrected chi connectivity index (χ0v) is 19.3. The number of para-hydroxylation sites is 1. The van der Waals surface area contributed by atoms with Crippen molar-refractivity contribution in [3.05, 3.63) is 81.8 Å². The van der Waals surface area contributed by atoms with E-state index in [2.05, 4.69) is 24.4 Å². The van der Waals surface area contributed by atoms with Gasteiger partial charge in [-0.3, -0.25) is 14.2 Å². The van der Waals surface area contributed by atoms with Crippen LogP contribution in [-0.2, 0) is 24.2 Å². The van der Waals surface area contributed by atoms with Crippen molar-refractivity contribution in [3.63, 3.8) is 0 Å². The Morgan fingerprint density at radius 2 is 1.94 bits per heavy atom. The maximum atomic E-state index is 13.2. The predicted molar refractivity (Wildman–Crippen MR) is 128 cm³/mol. The number of benzene rings is 2. The number of carbonyl (C=O) groups excluding carboxylic acids is 1. The van der Waals surface area contributed by atoms with Gasteiger partial charge in [0.1, 0.15) is 0 Å². The second kappa shape index (κ2) is 9.75. The molecule has 31 heavy (non-hydrogen) atoms. The number of aryl methyl sites for hydroxylation is 2. The van der Waals surface area contributed by atoms with Gasteiger partial charge in [0.05, 0.1) is 16.3 Å². The Kier molecular flexibility index (Phi) is 6.83. The molecule has 2 heterocycles. The molecule has 0 saturated carbocycles. The fourth-order valence-corrected chi connectivity index (χ4v) is 5.51. The highest BCUT2D eigenvalue weighted by molar-refractivity contribution is 8.00. The van der Waals surface area contributed by atoms with Gasteiger partial charge in [-0.15, -0.1) is 11.8 Å². The van der Waals surface area contributed by atoms with Crippen LogP contribution in [0, 0.1) is 6.92 Å². The molecule has 1 aromatic heterocycles. The van der Waals surface area contributed by atoms with Gasteiger partial charge in [0.25, 0.3) is 5.56 Å². The van der Waals surface area contributed by atoms with Crippen LogP contribution >= 0.6 is 23.5 Å². The van der Waals surface area contributed by atoms with Crippen molar-refractivity contribution in [2.75, 3.05) is 11.1 Å². The molecule has 0 fully saturated rings. The Morgan fingerprint density at radius 3 is 2.71 bits per heavy atom. The Morgan fingerprint density at radius 1 is 1.19 bits per heavy atom. The second-order valence-corrected chi connectivity index (χ2v) is 10.0. The molecule has 160 valence electrons. The van der Waals surface area contributed by atoms with E-state index in [4.69, 9.17) is 4.98 Å². The number of anilines is 1. The third-order valence-corrected chi connectivity index (χ3v) is 7.37. The minimum absolute atomic E-state index is 0.0112. The SMILES string of the molecule is Cc1ccccc1NC(=O)CSc1nc2c(c(=O)n1CCc1ccccc1)SC(C)C2. The number of carbonyl (C=O) groups is 1. The molecule has 5 nitrogen and oxygen atoms in total. The number of fused-ring (bicyclic) bond motifs is 1. The third-order valence-electron chi connectivity index (χ3n) is 5.18. The molecule has 1 amide bonds. The molecule has 1 aliphatic heterocycles. The zero-order chi connectivity index (χ0) is 21.8. The van der Waals surface area contributed by atoms with Crippen molar-refractivity contribution in [3.8, 4) is 0 Å². The molecule has 0 aliphatic carbocycles. The van der Waals surface area contributed by atoms with Crippen molar-refractivity contribution in [1.82, 2.24) is 9.55 Å². The van der Waals surface area contributed by atoms with Gasteiger partial charge in [-0.1, -0.05) is 67.2 Å². The first-order chi connectivity index (χ1) is 15.0. The molecule has 4 rings (SSSR count). The molecule has 2 aromatic carbocycles. The third kappa shape index (κ3) is 5.22. The largest absolute Gasteiger partial charge is 0.325 e. The molecule has 0 saturated heterocycles. The smallest absolute Gasteiger partial charge is 0.268 e. The minimum atomic E-state index is -0.105. The number of hydrogen-bond donors (Lipinski definition) is 1. The van der Waals surface area contributed by atoms with Gasteiger partial charge in [0, 0.05) is 23.9 Å². The molecule has 0 radical (unpaired) electrons. The molecule has 1 atom stereocenters. The lowest BCUT2D eigenvalue weighted by Gasteiger charge is -2.14. The van der Waals surface area contributed by atoms with Crippen molar-refractivity contribution < 1.29 is 4.79 Å². The first kappa shape index (κ1) is 21.7. The Hall–Kier alpha value is -2.51. The summed E-state index contributed by atoms with van der Waals surface area (Å²) in [5.74, 6) is 0.0968. The van der Waals surface area contributed by atoms with Crippen LogP contribution in [0.25, 0.3) is 0 Å². The Labute approximate surface area is 190 Å². The molecule has 1 N–H and O–H groups in total. The number of amides is 1. The van der Waals surface area contributed by atoms with Crippen LogP contribution in [-0.4, -0.2) is 26.5 Å². The summed E-state index contributed by atoms with van der Waals surface area (Å²) in [6, 6.07) is 17.8. The molecule has 3 aromatic rings. The summed E-state index contributed by atoms with van der Waals surface area (Å²) in [6.07, 6.45) is 1.53. The number of hydrogen-bond acceptors (Lipinski definition) is 5. The van der Waals surface area contributed by atoms with E-state index >= 15 is 0 Å². The number of aromatic nitrogens is 2. The monoisotopic (exact) mass is 451 g/mol. The molecular formula is C24H25N3O2S2. The normalized spacial score (nSPS) is 15.0. The van der Waals surface area contributed by atoms with Crippen molar-refractivity contribution in [1.29, 1.82) is 0 Å². The van der Waals surface area contributed by atoms with E-state index in [0.717, 1.165) is 34.7 Å². The molecule has 1 unspecified atom stereocenters. The van der Waals surface area contributed by atoms with Crippen LogP contribution in [0.5, 0.6) is 0 Å². The van der Waals surface area contributed by atoms with E-state index in [0.29, 0.717) is 17.0 Å². The number of thioether (sulfide) groups is 2. The predicted octanol–water partition coefficient (Wildman–Crippen LogP) is 4.56. The van der Waals surface area contributed by atoms with E-state index in [1.165, 1.54) is 17.3 Å². The van der Waals surface area contributed by atoms with Gasteiger partial charge < -0.3 is 5.32 Å². The van der Waals surface area contributed by atoms with Gasteiger partial charge in [0.15, 0.2) is 5.16 Å². The van der Waals surface area contributed by atoms with Crippen LogP contribution in [0.15, 0.2) is 69.4 Å². The van der Waals surface area contributed by atoms with Crippen LogP contribution < -0.4 is 10.9 Å². The highest BCUT2D eigenvalue weighted by Crippen LogP contribution is 2.34. The quantitative estimate of drug-likeness (QED) is 0.421. The van der Waals surface area contributed by atoms with Gasteiger partial charge >= 0.3 is 0 Å². The zero-order valence-electron chi connectivity index (χ0n) is 17.6. The van der Waals surface area contributed by atoms with Crippen molar-refractivity contribution in [2.45, 2.75) is 48.5 Å². The van der Waals surface area contributed by atoms with E-state index in [1.54, 1.807) is 16.3 Å². The summed E-state index contributed by atoms with van der Waals surface area (Å²) in [6.45, 7) is 4.62. The standard InChI is InChI=1S/C24H25N3O2S2/c1-16-8-6-7-11-19(16)25-21(28)15-30-24-26-20-14-17(2)31-22(20)23(29)27(24)13-12-18-9-4-3-5-10-18/h3-11,17H,12-15H2,1-2H3,(H,25,28). The number of nitrogens with one attached hydrogen (secondary N) is 1. The summed E-state index contributed by atoms with van der Waals surface area (Å²) in [5.41, 5.74) is 3.87. The summed E-state index contributed by atoms with van der Waals surface area (Å²) in [7, 11) is 0. The fourth-order valence-electron chi connectivity index (χ4n) is 3.55. The van der Waals surface area contributed by atoms with Crippen LogP contribution in [0.1, 0.15) is 23.7 Å². The van der Waals surface area contributed by atoms with Gasteiger partial charge in [-0.05, 0) is 30.5 Å². The topological polar surface area (TPSA) is 64.0 Å². The first-order valence-corrected chi connectivity index (χ1v) is 12.2. The molecular weight excluding hydrogens is 426 g/mol. The minimum Gasteiger partial charge on any atom is -0.325 e. The number of rotatable bonds is 7. The van der Waals surface area contributed by atoms with Crippen LogP contribution in [0.3, 0.4) is 0 Å². The van der Waals surface area contributed by atoms with Crippen molar-refractivity contribution >= 4 is 35.1 Å². The van der Waals surface area contributed by atoms with Gasteiger partial charge in [0.2, 0.25) is 5.91 Å². The van der Waals surface area contributed by atoms with E-state index in [1.807, 2.05) is 49.4 Å². The Balaban J connectivity index is 1.53. The maximum absolute atomic E-state index is 13.2. The summed E-state index contributed by atoms with van der Waals surface area (Å²) >= 11 is 2.93. The fraction of sp³-hybridized carbons (Fsp3) is 0.292. The second-order valence-electron chi connectivity index (χ2n) is 7.65. The lowest BCUT2D eigenvalue weighted by molar-refractivity contribution is -0.113. The average Bonchev–Trinajstić information content (AvgIpc) is 3.14. The van der Waals surface area contributed by atoms with E-state index in [-0.39, 0.29) is 17.2 Å². The summed E-state index contributed by atoms with van der Waals surface area (Å²) < 4.78 is 1.74. The molecule has 0 bridgehead atoms. The maximum Gasteiger partial charge on any atom is 0.268 e. The summed E-state index contributed by atoms with van der Waals surface area (Å²) in [4.78, 5) is 31.3. The molecule has 0 spiro atoms. The van der Waals surface area contributed by atoms with E-state index in [9.17, 15) is 9.59 Å². The average molecular weight is 452 g/mol. The van der Waals surface area contributed by atoms with Gasteiger partial charge in [-0.2, -0.15) is 0 Å². The van der Waals surface area contributed by atoms with E-state index < -0.39 is 0 Å². The highest BCUT2D eigenvalue weighted by atomic mass is 32.2. The summed E-state index contributed by atoms with van der Waals surface area (Å²) in [5, 5.41) is 3.92. The van der Waals surface area contributed by atoms with Crippen LogP contribution in [0.2, 0.25) is 0 Å². The van der Waals surface area contributed by atoms with Crippen LogP contribution in [0.4, 0.5) is 5.69 Å². The molecule has 1 aliphatic rings. The Bertz CT molecular complexity index is 1150. The number of nitrogens with zero attached hydrogens (tertiary/aromatic N) is 2. The van der Waals surface area contributed by atoms with Crippen molar-refractivity contribution in [2.24, 2.45) is 0 Å². The first-order valence-electron chi connectivity index (χ1n) is 10.3. The lowest BCUT2D eigenvalue weighted by atomic mass is 10.1. The molecule has 7 heteroatoms.